The van der Waals surface area contributed by atoms with Crippen molar-refractivity contribution in [2.24, 2.45) is 5.92 Å². The van der Waals surface area contributed by atoms with E-state index < -0.39 is 5.97 Å². The van der Waals surface area contributed by atoms with Crippen molar-refractivity contribution >= 4 is 17.0 Å². The molecular formula is C15H17N3O2. The summed E-state index contributed by atoms with van der Waals surface area (Å²) in [5.74, 6) is -0.142. The number of aromatic carboxylic acids is 1. The van der Waals surface area contributed by atoms with Crippen LogP contribution in [0.25, 0.3) is 11.0 Å². The molecule has 0 atom stereocenters. The van der Waals surface area contributed by atoms with Gasteiger partial charge < -0.3 is 10.4 Å². The van der Waals surface area contributed by atoms with E-state index in [1.165, 1.54) is 25.5 Å². The third kappa shape index (κ3) is 2.77. The van der Waals surface area contributed by atoms with Gasteiger partial charge in [-0.3, -0.25) is 0 Å². The van der Waals surface area contributed by atoms with E-state index in [-0.39, 0.29) is 5.56 Å². The maximum atomic E-state index is 10.9. The summed E-state index contributed by atoms with van der Waals surface area (Å²) in [5.41, 5.74) is 1.83. The third-order valence-electron chi connectivity index (χ3n) is 3.82. The van der Waals surface area contributed by atoms with Crippen LogP contribution in [0.1, 0.15) is 35.2 Å². The van der Waals surface area contributed by atoms with Crippen molar-refractivity contribution < 1.29 is 9.90 Å². The van der Waals surface area contributed by atoms with E-state index in [0.29, 0.717) is 5.65 Å². The average Bonchev–Trinajstić information content (AvgIpc) is 2.40. The molecule has 0 spiro atoms. The molecule has 5 nitrogen and oxygen atoms in total. The number of hydrogen-bond acceptors (Lipinski definition) is 4. The molecule has 2 heterocycles. The third-order valence-corrected chi connectivity index (χ3v) is 3.82. The number of carbonyl (C=O) groups is 1. The zero-order chi connectivity index (χ0) is 13.9. The Labute approximate surface area is 117 Å². The Kier molecular flexibility index (Phi) is 3.60. The van der Waals surface area contributed by atoms with Gasteiger partial charge in [-0.05, 0) is 43.0 Å². The maximum absolute atomic E-state index is 10.9. The molecule has 104 valence electrons. The van der Waals surface area contributed by atoms with E-state index in [4.69, 9.17) is 5.11 Å². The lowest BCUT2D eigenvalue weighted by molar-refractivity contribution is 0.0696. The van der Waals surface area contributed by atoms with Crippen molar-refractivity contribution in [2.75, 3.05) is 6.54 Å². The predicted molar refractivity (Wildman–Crippen MR) is 75.5 cm³/mol. The molecule has 2 N–H and O–H groups in total. The van der Waals surface area contributed by atoms with Gasteiger partial charge in [-0.2, -0.15) is 0 Å². The van der Waals surface area contributed by atoms with Crippen LogP contribution in [0.15, 0.2) is 24.5 Å². The lowest BCUT2D eigenvalue weighted by Gasteiger charge is -2.25. The van der Waals surface area contributed by atoms with Crippen LogP contribution >= 0.6 is 0 Å². The zero-order valence-electron chi connectivity index (χ0n) is 11.2. The second-order valence-electron chi connectivity index (χ2n) is 5.35. The van der Waals surface area contributed by atoms with Crippen molar-refractivity contribution in [1.29, 1.82) is 0 Å². The summed E-state index contributed by atoms with van der Waals surface area (Å²) < 4.78 is 0. The number of aromatic nitrogens is 2. The fraction of sp³-hybridized carbons (Fsp3) is 0.400. The molecule has 0 unspecified atom stereocenters. The van der Waals surface area contributed by atoms with Gasteiger partial charge in [0.2, 0.25) is 0 Å². The van der Waals surface area contributed by atoms with Crippen LogP contribution in [-0.4, -0.2) is 27.6 Å². The Morgan fingerprint density at radius 2 is 2.10 bits per heavy atom. The van der Waals surface area contributed by atoms with Crippen LogP contribution in [-0.2, 0) is 6.54 Å². The molecule has 2 aromatic rings. The Balaban J connectivity index is 1.72. The number of pyridine rings is 2. The number of nitrogens with zero attached hydrogens (tertiary/aromatic N) is 2. The smallest absolute Gasteiger partial charge is 0.337 e. The molecule has 0 bridgehead atoms. The molecule has 0 radical (unpaired) electrons. The van der Waals surface area contributed by atoms with Crippen molar-refractivity contribution in [3.05, 3.63) is 35.7 Å². The molecule has 20 heavy (non-hydrogen) atoms. The monoisotopic (exact) mass is 271 g/mol. The minimum atomic E-state index is -0.965. The highest BCUT2D eigenvalue weighted by atomic mass is 16.4. The molecule has 5 heteroatoms. The van der Waals surface area contributed by atoms with Gasteiger partial charge in [-0.25, -0.2) is 14.8 Å². The van der Waals surface area contributed by atoms with Crippen LogP contribution in [0.5, 0.6) is 0 Å². The average molecular weight is 271 g/mol. The highest BCUT2D eigenvalue weighted by molar-refractivity contribution is 5.91. The molecular weight excluding hydrogens is 254 g/mol. The number of carboxylic acids is 1. The van der Waals surface area contributed by atoms with Gasteiger partial charge in [0.25, 0.3) is 0 Å². The number of carboxylic acid groups (broad SMARTS) is 1. The van der Waals surface area contributed by atoms with Gasteiger partial charge in [0, 0.05) is 24.3 Å². The molecule has 1 saturated carbocycles. The molecule has 3 rings (SSSR count). The van der Waals surface area contributed by atoms with E-state index in [1.54, 1.807) is 12.3 Å². The Morgan fingerprint density at radius 3 is 2.80 bits per heavy atom. The molecule has 0 saturated heterocycles. The fourth-order valence-electron chi connectivity index (χ4n) is 2.40. The predicted octanol–water partition coefficient (Wildman–Crippen LogP) is 2.22. The number of rotatable bonds is 5. The van der Waals surface area contributed by atoms with E-state index in [1.807, 2.05) is 6.07 Å². The maximum Gasteiger partial charge on any atom is 0.337 e. The van der Waals surface area contributed by atoms with Gasteiger partial charge in [0.15, 0.2) is 5.65 Å². The Hall–Kier alpha value is -2.01. The minimum Gasteiger partial charge on any atom is -0.478 e. The minimum absolute atomic E-state index is 0.193. The van der Waals surface area contributed by atoms with Gasteiger partial charge in [0.1, 0.15) is 0 Å². The fourth-order valence-corrected chi connectivity index (χ4v) is 2.40. The van der Waals surface area contributed by atoms with Crippen LogP contribution in [0.3, 0.4) is 0 Å². The first-order valence-electron chi connectivity index (χ1n) is 6.91. The lowest BCUT2D eigenvalue weighted by atomic mass is 9.85. The van der Waals surface area contributed by atoms with Crippen molar-refractivity contribution in [1.82, 2.24) is 15.3 Å². The van der Waals surface area contributed by atoms with Crippen molar-refractivity contribution in [3.63, 3.8) is 0 Å². The summed E-state index contributed by atoms with van der Waals surface area (Å²) in [4.78, 5) is 19.3. The number of nitrogens with one attached hydrogen (secondary N) is 1. The molecule has 0 amide bonds. The number of hydrogen-bond donors (Lipinski definition) is 2. The topological polar surface area (TPSA) is 75.1 Å². The summed E-state index contributed by atoms with van der Waals surface area (Å²) in [6.45, 7) is 1.81. The normalized spacial score (nSPS) is 15.2. The van der Waals surface area contributed by atoms with E-state index in [0.717, 1.165) is 30.0 Å². The van der Waals surface area contributed by atoms with Gasteiger partial charge >= 0.3 is 5.97 Å². The van der Waals surface area contributed by atoms with E-state index >= 15 is 0 Å². The summed E-state index contributed by atoms with van der Waals surface area (Å²) in [6, 6.07) is 3.57. The summed E-state index contributed by atoms with van der Waals surface area (Å²) >= 11 is 0. The van der Waals surface area contributed by atoms with Gasteiger partial charge in [-0.1, -0.05) is 6.42 Å². The zero-order valence-corrected chi connectivity index (χ0v) is 11.2. The van der Waals surface area contributed by atoms with Crippen LogP contribution < -0.4 is 5.32 Å². The molecule has 0 aromatic carbocycles. The second-order valence-corrected chi connectivity index (χ2v) is 5.35. The van der Waals surface area contributed by atoms with E-state index in [9.17, 15) is 4.79 Å². The highest BCUT2D eigenvalue weighted by Gasteiger charge is 2.16. The largest absolute Gasteiger partial charge is 0.478 e. The molecule has 0 aliphatic heterocycles. The lowest BCUT2D eigenvalue weighted by Crippen LogP contribution is -2.26. The standard InChI is InChI=1S/C15H17N3O2/c19-15(20)13-5-12-4-11(8-17-14(12)18-9-13)7-16-6-10-2-1-3-10/h4-5,8-10,16H,1-3,6-7H2,(H,19,20). The quantitative estimate of drug-likeness (QED) is 0.872. The second kappa shape index (κ2) is 5.54. The summed E-state index contributed by atoms with van der Waals surface area (Å²) in [7, 11) is 0. The van der Waals surface area contributed by atoms with Gasteiger partial charge in [-0.15, -0.1) is 0 Å². The summed E-state index contributed by atoms with van der Waals surface area (Å²) in [5, 5.41) is 13.2. The highest BCUT2D eigenvalue weighted by Crippen LogP contribution is 2.25. The summed E-state index contributed by atoms with van der Waals surface area (Å²) in [6.07, 6.45) is 7.15. The van der Waals surface area contributed by atoms with Gasteiger partial charge in [0.05, 0.1) is 5.56 Å². The van der Waals surface area contributed by atoms with Crippen LogP contribution in [0.4, 0.5) is 0 Å². The molecule has 1 aliphatic carbocycles. The van der Waals surface area contributed by atoms with Crippen molar-refractivity contribution in [2.45, 2.75) is 25.8 Å². The van der Waals surface area contributed by atoms with Crippen molar-refractivity contribution in [3.8, 4) is 0 Å². The SMILES string of the molecule is O=C(O)c1cnc2ncc(CNCC3CCC3)cc2c1. The first-order valence-corrected chi connectivity index (χ1v) is 6.91. The van der Waals surface area contributed by atoms with Crippen LogP contribution in [0, 0.1) is 5.92 Å². The molecule has 1 aliphatic rings. The Bertz CT molecular complexity index is 638. The van der Waals surface area contributed by atoms with Crippen LogP contribution in [0.2, 0.25) is 0 Å². The Morgan fingerprint density at radius 1 is 1.30 bits per heavy atom. The first kappa shape index (κ1) is 13.0. The first-order chi connectivity index (χ1) is 9.72. The number of fused-ring (bicyclic) bond motifs is 1. The van der Waals surface area contributed by atoms with E-state index in [2.05, 4.69) is 15.3 Å². The molecule has 2 aromatic heterocycles. The molecule has 1 fully saturated rings.